The van der Waals surface area contributed by atoms with Gasteiger partial charge in [-0.15, -0.1) is 0 Å². The second kappa shape index (κ2) is 6.92. The number of imide groups is 1. The molecule has 2 heterocycles. The molecule has 27 heavy (non-hydrogen) atoms. The Hall–Kier alpha value is -3.67. The van der Waals surface area contributed by atoms with Gasteiger partial charge in [0.15, 0.2) is 0 Å². The average Bonchev–Trinajstić information content (AvgIpc) is 2.95. The van der Waals surface area contributed by atoms with E-state index in [2.05, 4.69) is 10.3 Å². The lowest BCUT2D eigenvalue weighted by Gasteiger charge is -2.11. The molecule has 0 spiro atoms. The number of para-hydroxylation sites is 1. The van der Waals surface area contributed by atoms with Gasteiger partial charge in [0.1, 0.15) is 5.70 Å². The Bertz CT molecular complexity index is 1060. The van der Waals surface area contributed by atoms with Crippen LogP contribution in [0.5, 0.6) is 5.88 Å². The van der Waals surface area contributed by atoms with Gasteiger partial charge in [-0.2, -0.15) is 0 Å². The Morgan fingerprint density at radius 2 is 1.81 bits per heavy atom. The normalized spacial score (nSPS) is 15.4. The van der Waals surface area contributed by atoms with Crippen LogP contribution in [-0.2, 0) is 11.3 Å². The SMILES string of the molecule is COc1nc2ccccc2cc1/C=C1\NC(=O)N(Cc2ccccc2)C1=O. The number of hydrogen-bond donors (Lipinski definition) is 1. The summed E-state index contributed by atoms with van der Waals surface area (Å²) in [6.07, 6.45) is 1.60. The lowest BCUT2D eigenvalue weighted by Crippen LogP contribution is -2.30. The molecule has 1 aliphatic rings. The molecule has 6 nitrogen and oxygen atoms in total. The highest BCUT2D eigenvalue weighted by atomic mass is 16.5. The maximum atomic E-state index is 12.7. The zero-order valence-corrected chi connectivity index (χ0v) is 14.7. The fourth-order valence-electron chi connectivity index (χ4n) is 3.02. The van der Waals surface area contributed by atoms with Crippen LogP contribution in [0, 0.1) is 0 Å². The molecular formula is C21H17N3O3. The number of urea groups is 1. The molecule has 1 saturated heterocycles. The fraction of sp³-hybridized carbons (Fsp3) is 0.0952. The van der Waals surface area contributed by atoms with Crippen molar-refractivity contribution in [1.29, 1.82) is 0 Å². The molecule has 1 aliphatic heterocycles. The van der Waals surface area contributed by atoms with E-state index in [9.17, 15) is 9.59 Å². The van der Waals surface area contributed by atoms with Gasteiger partial charge in [0.05, 0.1) is 19.2 Å². The summed E-state index contributed by atoms with van der Waals surface area (Å²) in [7, 11) is 1.52. The van der Waals surface area contributed by atoms with Crippen molar-refractivity contribution in [2.45, 2.75) is 6.54 Å². The molecule has 3 aromatic rings. The molecule has 1 fully saturated rings. The standard InChI is InChI=1S/C21H17N3O3/c1-27-19-16(11-15-9-5-6-10-17(15)22-19)12-18-20(25)24(21(26)23-18)13-14-7-3-2-4-8-14/h2-12H,13H2,1H3,(H,23,26)/b18-12-. The largest absolute Gasteiger partial charge is 0.481 e. The number of carbonyl (C=O) groups excluding carboxylic acids is 2. The fourth-order valence-corrected chi connectivity index (χ4v) is 3.02. The second-order valence-electron chi connectivity index (χ2n) is 6.14. The first-order valence-corrected chi connectivity index (χ1v) is 8.48. The van der Waals surface area contributed by atoms with Crippen LogP contribution in [0.1, 0.15) is 11.1 Å². The maximum absolute atomic E-state index is 12.7. The van der Waals surface area contributed by atoms with Crippen molar-refractivity contribution in [3.63, 3.8) is 0 Å². The van der Waals surface area contributed by atoms with Gasteiger partial charge < -0.3 is 10.1 Å². The summed E-state index contributed by atoms with van der Waals surface area (Å²) in [5, 5.41) is 3.56. The zero-order chi connectivity index (χ0) is 18.8. The van der Waals surface area contributed by atoms with Crippen LogP contribution in [0.25, 0.3) is 17.0 Å². The number of amides is 3. The number of pyridine rings is 1. The smallest absolute Gasteiger partial charge is 0.329 e. The van der Waals surface area contributed by atoms with Crippen LogP contribution in [0.15, 0.2) is 66.4 Å². The minimum atomic E-state index is -0.442. The highest BCUT2D eigenvalue weighted by molar-refractivity contribution is 6.14. The highest BCUT2D eigenvalue weighted by Gasteiger charge is 2.33. The third-order valence-corrected chi connectivity index (χ3v) is 4.36. The molecular weight excluding hydrogens is 342 g/mol. The molecule has 0 saturated carbocycles. The minimum absolute atomic E-state index is 0.200. The summed E-state index contributed by atoms with van der Waals surface area (Å²) in [6.45, 7) is 0.218. The molecule has 3 amide bonds. The van der Waals surface area contributed by atoms with E-state index in [1.165, 1.54) is 12.0 Å². The van der Waals surface area contributed by atoms with E-state index in [-0.39, 0.29) is 18.1 Å². The number of hydrogen-bond acceptors (Lipinski definition) is 4. The first-order valence-electron chi connectivity index (χ1n) is 8.48. The number of fused-ring (bicyclic) bond motifs is 1. The second-order valence-corrected chi connectivity index (χ2v) is 6.14. The summed E-state index contributed by atoms with van der Waals surface area (Å²) in [5.74, 6) is 0.0174. The van der Waals surface area contributed by atoms with Crippen LogP contribution in [0.4, 0.5) is 4.79 Å². The average molecular weight is 359 g/mol. The van der Waals surface area contributed by atoms with Crippen LogP contribution in [-0.4, -0.2) is 28.9 Å². The minimum Gasteiger partial charge on any atom is -0.481 e. The van der Waals surface area contributed by atoms with Crippen molar-refractivity contribution in [3.8, 4) is 5.88 Å². The Morgan fingerprint density at radius 3 is 2.59 bits per heavy atom. The Morgan fingerprint density at radius 1 is 1.07 bits per heavy atom. The molecule has 134 valence electrons. The van der Waals surface area contributed by atoms with Crippen molar-refractivity contribution in [2.75, 3.05) is 7.11 Å². The lowest BCUT2D eigenvalue weighted by molar-refractivity contribution is -0.123. The maximum Gasteiger partial charge on any atom is 0.329 e. The molecule has 0 bridgehead atoms. The van der Waals surface area contributed by atoms with Gasteiger partial charge in [-0.1, -0.05) is 48.5 Å². The van der Waals surface area contributed by atoms with Crippen molar-refractivity contribution in [2.24, 2.45) is 0 Å². The number of rotatable bonds is 4. The molecule has 0 atom stereocenters. The predicted molar refractivity (Wildman–Crippen MR) is 102 cm³/mol. The summed E-state index contributed by atoms with van der Waals surface area (Å²) in [5.41, 5.74) is 2.50. The highest BCUT2D eigenvalue weighted by Crippen LogP contribution is 2.25. The summed E-state index contributed by atoms with van der Waals surface area (Å²) >= 11 is 0. The number of methoxy groups -OCH3 is 1. The van der Waals surface area contributed by atoms with Gasteiger partial charge in [-0.25, -0.2) is 9.78 Å². The van der Waals surface area contributed by atoms with Crippen LogP contribution >= 0.6 is 0 Å². The molecule has 4 rings (SSSR count). The first kappa shape index (κ1) is 16.8. The zero-order valence-electron chi connectivity index (χ0n) is 14.7. The van der Waals surface area contributed by atoms with Gasteiger partial charge in [0.25, 0.3) is 5.91 Å². The summed E-state index contributed by atoms with van der Waals surface area (Å²) in [6, 6.07) is 18.4. The van der Waals surface area contributed by atoms with E-state index in [1.807, 2.05) is 60.7 Å². The number of aromatic nitrogens is 1. The van der Waals surface area contributed by atoms with Gasteiger partial charge in [-0.3, -0.25) is 9.69 Å². The van der Waals surface area contributed by atoms with Crippen molar-refractivity contribution < 1.29 is 14.3 Å². The van der Waals surface area contributed by atoms with Crippen LogP contribution < -0.4 is 10.1 Å². The van der Waals surface area contributed by atoms with Gasteiger partial charge in [-0.05, 0) is 23.8 Å². The van der Waals surface area contributed by atoms with Gasteiger partial charge >= 0.3 is 6.03 Å². The summed E-state index contributed by atoms with van der Waals surface area (Å²) < 4.78 is 5.35. The summed E-state index contributed by atoms with van der Waals surface area (Å²) in [4.78, 5) is 30.6. The first-order chi connectivity index (χ1) is 13.2. The van der Waals surface area contributed by atoms with Gasteiger partial charge in [0.2, 0.25) is 5.88 Å². The topological polar surface area (TPSA) is 71.5 Å². The quantitative estimate of drug-likeness (QED) is 0.573. The number of benzene rings is 2. The Kier molecular flexibility index (Phi) is 4.30. The van der Waals surface area contributed by atoms with Crippen molar-refractivity contribution in [1.82, 2.24) is 15.2 Å². The van der Waals surface area contributed by atoms with E-state index >= 15 is 0 Å². The molecule has 0 radical (unpaired) electrons. The Labute approximate surface area is 156 Å². The molecule has 2 aromatic carbocycles. The number of nitrogens with zero attached hydrogens (tertiary/aromatic N) is 2. The predicted octanol–water partition coefficient (Wildman–Crippen LogP) is 3.34. The van der Waals surface area contributed by atoms with E-state index in [1.54, 1.807) is 6.08 Å². The van der Waals surface area contributed by atoms with E-state index in [4.69, 9.17) is 4.74 Å². The molecule has 0 unspecified atom stereocenters. The third-order valence-electron chi connectivity index (χ3n) is 4.36. The third kappa shape index (κ3) is 3.25. The number of nitrogens with one attached hydrogen (secondary N) is 1. The number of ether oxygens (including phenoxy) is 1. The Balaban J connectivity index is 1.67. The molecule has 1 aromatic heterocycles. The lowest BCUT2D eigenvalue weighted by atomic mass is 10.1. The van der Waals surface area contributed by atoms with E-state index in [0.29, 0.717) is 11.4 Å². The molecule has 0 aliphatic carbocycles. The molecule has 6 heteroatoms. The molecule has 1 N–H and O–H groups in total. The van der Waals surface area contributed by atoms with E-state index in [0.717, 1.165) is 16.5 Å². The van der Waals surface area contributed by atoms with Crippen LogP contribution in [0.2, 0.25) is 0 Å². The van der Waals surface area contributed by atoms with Crippen molar-refractivity contribution >= 4 is 28.9 Å². The van der Waals surface area contributed by atoms with E-state index < -0.39 is 6.03 Å². The van der Waals surface area contributed by atoms with Gasteiger partial charge in [0, 0.05) is 10.9 Å². The number of carbonyl (C=O) groups is 2. The van der Waals surface area contributed by atoms with Crippen LogP contribution in [0.3, 0.4) is 0 Å². The van der Waals surface area contributed by atoms with Crippen molar-refractivity contribution in [3.05, 3.63) is 77.5 Å². The monoisotopic (exact) mass is 359 g/mol.